The molecule has 0 saturated carbocycles. The molecule has 0 radical (unpaired) electrons. The van der Waals surface area contributed by atoms with Crippen molar-refractivity contribution in [1.29, 1.82) is 0 Å². The van der Waals surface area contributed by atoms with Gasteiger partial charge in [-0.05, 0) is 49.1 Å². The summed E-state index contributed by atoms with van der Waals surface area (Å²) >= 11 is 0. The number of carbonyl (C=O) groups excluding carboxylic acids is 1. The molecule has 0 aliphatic carbocycles. The number of ether oxygens (including phenoxy) is 2. The Morgan fingerprint density at radius 3 is 2.57 bits per heavy atom. The first kappa shape index (κ1) is 22.2. The van der Waals surface area contributed by atoms with E-state index in [1.54, 1.807) is 0 Å². The number of nitrogens with zero attached hydrogens (tertiary/aromatic N) is 2. The molecule has 0 N–H and O–H groups in total. The highest BCUT2D eigenvalue weighted by molar-refractivity contribution is 5.97. The molecule has 0 spiro atoms. The second-order valence-corrected chi connectivity index (χ2v) is 8.08. The number of carbonyl (C=O) groups is 1. The highest BCUT2D eigenvalue weighted by Gasteiger charge is 2.25. The average molecular weight is 411 g/mol. The molecule has 3 rings (SSSR count). The van der Waals surface area contributed by atoms with Crippen LogP contribution in [0.5, 0.6) is 5.75 Å². The van der Waals surface area contributed by atoms with Gasteiger partial charge in [-0.3, -0.25) is 4.79 Å². The first-order chi connectivity index (χ1) is 14.6. The minimum atomic E-state index is -0.00529. The van der Waals surface area contributed by atoms with Gasteiger partial charge in [-0.15, -0.1) is 0 Å². The standard InChI is InChI=1S/C25H34N2O3/c1-4-5-16-30-24-11-7-6-10-23(24)25(28)27(19-22-9-8-17-29-22)18-20-12-14-21(15-13-20)26(2)3/h6-7,10-15,22H,4-5,8-9,16-19H2,1-3H3/t22-/m0/s1. The monoisotopic (exact) mass is 410 g/mol. The predicted octanol–water partition coefficient (Wildman–Crippen LogP) is 4.75. The highest BCUT2D eigenvalue weighted by Crippen LogP contribution is 2.24. The second-order valence-electron chi connectivity index (χ2n) is 8.08. The van der Waals surface area contributed by atoms with Gasteiger partial charge in [0.05, 0.1) is 18.3 Å². The van der Waals surface area contributed by atoms with Crippen molar-refractivity contribution in [3.05, 3.63) is 59.7 Å². The summed E-state index contributed by atoms with van der Waals surface area (Å²) in [5.74, 6) is 0.658. The van der Waals surface area contributed by atoms with Crippen molar-refractivity contribution in [3.63, 3.8) is 0 Å². The Kier molecular flexibility index (Phi) is 8.14. The molecule has 5 nitrogen and oxygen atoms in total. The van der Waals surface area contributed by atoms with Crippen molar-refractivity contribution in [2.24, 2.45) is 0 Å². The van der Waals surface area contributed by atoms with Crippen molar-refractivity contribution < 1.29 is 14.3 Å². The summed E-state index contributed by atoms with van der Waals surface area (Å²) in [5, 5.41) is 0. The van der Waals surface area contributed by atoms with E-state index in [1.165, 1.54) is 0 Å². The van der Waals surface area contributed by atoms with Crippen LogP contribution in [-0.4, -0.2) is 50.8 Å². The maximum absolute atomic E-state index is 13.5. The van der Waals surface area contributed by atoms with Crippen molar-refractivity contribution in [2.75, 3.05) is 38.8 Å². The lowest BCUT2D eigenvalue weighted by Crippen LogP contribution is -2.37. The summed E-state index contributed by atoms with van der Waals surface area (Å²) in [6.07, 6.45) is 4.19. The largest absolute Gasteiger partial charge is 0.493 e. The summed E-state index contributed by atoms with van der Waals surface area (Å²) in [7, 11) is 4.05. The second kappa shape index (κ2) is 11.0. The van der Waals surface area contributed by atoms with Crippen LogP contribution in [-0.2, 0) is 11.3 Å². The molecule has 0 unspecified atom stereocenters. The van der Waals surface area contributed by atoms with Gasteiger partial charge in [0.25, 0.3) is 5.91 Å². The zero-order chi connectivity index (χ0) is 21.3. The van der Waals surface area contributed by atoms with E-state index in [0.29, 0.717) is 31.0 Å². The summed E-state index contributed by atoms with van der Waals surface area (Å²) in [6.45, 7) is 4.68. The van der Waals surface area contributed by atoms with Crippen LogP contribution in [0.4, 0.5) is 5.69 Å². The van der Waals surface area contributed by atoms with Gasteiger partial charge in [0.1, 0.15) is 5.75 Å². The van der Waals surface area contributed by atoms with Gasteiger partial charge in [0, 0.05) is 39.5 Å². The Morgan fingerprint density at radius 2 is 1.90 bits per heavy atom. The Morgan fingerprint density at radius 1 is 1.13 bits per heavy atom. The van der Waals surface area contributed by atoms with Gasteiger partial charge in [0.15, 0.2) is 0 Å². The number of hydrogen-bond acceptors (Lipinski definition) is 4. The fraction of sp³-hybridized carbons (Fsp3) is 0.480. The molecule has 1 aliphatic heterocycles. The molecule has 1 amide bonds. The number of hydrogen-bond donors (Lipinski definition) is 0. The maximum Gasteiger partial charge on any atom is 0.258 e. The van der Waals surface area contributed by atoms with Gasteiger partial charge in [-0.2, -0.15) is 0 Å². The molecular formula is C25H34N2O3. The van der Waals surface area contributed by atoms with Crippen LogP contribution in [0.3, 0.4) is 0 Å². The summed E-state index contributed by atoms with van der Waals surface area (Å²) < 4.78 is 11.8. The Balaban J connectivity index is 1.80. The van der Waals surface area contributed by atoms with E-state index in [4.69, 9.17) is 9.47 Å². The van der Waals surface area contributed by atoms with E-state index >= 15 is 0 Å². The third kappa shape index (κ3) is 5.99. The van der Waals surface area contributed by atoms with Gasteiger partial charge >= 0.3 is 0 Å². The number of anilines is 1. The van der Waals surface area contributed by atoms with Crippen LogP contribution in [0.1, 0.15) is 48.5 Å². The molecule has 1 fully saturated rings. The van der Waals surface area contributed by atoms with Gasteiger partial charge < -0.3 is 19.3 Å². The number of benzene rings is 2. The molecule has 1 atom stereocenters. The zero-order valence-corrected chi connectivity index (χ0v) is 18.5. The molecule has 2 aromatic rings. The lowest BCUT2D eigenvalue weighted by molar-refractivity contribution is 0.0504. The van der Waals surface area contributed by atoms with Crippen molar-refractivity contribution in [1.82, 2.24) is 4.90 Å². The molecule has 1 aliphatic rings. The quantitative estimate of drug-likeness (QED) is 0.530. The summed E-state index contributed by atoms with van der Waals surface area (Å²) in [5.41, 5.74) is 2.87. The molecule has 2 aromatic carbocycles. The highest BCUT2D eigenvalue weighted by atomic mass is 16.5. The van der Waals surface area contributed by atoms with Crippen LogP contribution in [0.25, 0.3) is 0 Å². The minimum absolute atomic E-state index is 0.00529. The van der Waals surface area contributed by atoms with E-state index in [2.05, 4.69) is 36.1 Å². The summed E-state index contributed by atoms with van der Waals surface area (Å²) in [6, 6.07) is 15.9. The number of rotatable bonds is 10. The van der Waals surface area contributed by atoms with Gasteiger partial charge in [-0.1, -0.05) is 37.6 Å². The molecule has 30 heavy (non-hydrogen) atoms. The fourth-order valence-electron chi connectivity index (χ4n) is 3.64. The topological polar surface area (TPSA) is 42.0 Å². The van der Waals surface area contributed by atoms with E-state index in [0.717, 1.165) is 43.5 Å². The van der Waals surface area contributed by atoms with E-state index in [9.17, 15) is 4.79 Å². The predicted molar refractivity (Wildman–Crippen MR) is 121 cm³/mol. The molecule has 1 saturated heterocycles. The molecule has 1 heterocycles. The minimum Gasteiger partial charge on any atom is -0.493 e. The van der Waals surface area contributed by atoms with Crippen molar-refractivity contribution in [2.45, 2.75) is 45.3 Å². The van der Waals surface area contributed by atoms with E-state index in [1.807, 2.05) is 43.3 Å². The average Bonchev–Trinajstić information content (AvgIpc) is 3.27. The van der Waals surface area contributed by atoms with E-state index < -0.39 is 0 Å². The first-order valence-corrected chi connectivity index (χ1v) is 11.0. The van der Waals surface area contributed by atoms with Gasteiger partial charge in [0.2, 0.25) is 0 Å². The number of para-hydroxylation sites is 1. The van der Waals surface area contributed by atoms with Crippen molar-refractivity contribution >= 4 is 11.6 Å². The Hall–Kier alpha value is -2.53. The lowest BCUT2D eigenvalue weighted by atomic mass is 10.1. The smallest absolute Gasteiger partial charge is 0.258 e. The van der Waals surface area contributed by atoms with Crippen LogP contribution < -0.4 is 9.64 Å². The molecular weight excluding hydrogens is 376 g/mol. The SMILES string of the molecule is CCCCOc1ccccc1C(=O)N(Cc1ccc(N(C)C)cc1)C[C@@H]1CCCO1. The fourth-order valence-corrected chi connectivity index (χ4v) is 3.64. The van der Waals surface area contributed by atoms with E-state index in [-0.39, 0.29) is 12.0 Å². The third-order valence-electron chi connectivity index (χ3n) is 5.43. The van der Waals surface area contributed by atoms with Gasteiger partial charge in [-0.25, -0.2) is 0 Å². The number of amides is 1. The molecule has 0 aromatic heterocycles. The first-order valence-electron chi connectivity index (χ1n) is 11.0. The molecule has 162 valence electrons. The number of unbranched alkanes of at least 4 members (excludes halogenated alkanes) is 1. The van der Waals surface area contributed by atoms with Crippen molar-refractivity contribution in [3.8, 4) is 5.75 Å². The van der Waals surface area contributed by atoms with Crippen LogP contribution in [0, 0.1) is 0 Å². The zero-order valence-electron chi connectivity index (χ0n) is 18.5. The molecule has 0 bridgehead atoms. The Labute approximate surface area is 180 Å². The lowest BCUT2D eigenvalue weighted by Gasteiger charge is -2.27. The molecule has 5 heteroatoms. The van der Waals surface area contributed by atoms with Crippen LogP contribution in [0.2, 0.25) is 0 Å². The summed E-state index contributed by atoms with van der Waals surface area (Å²) in [4.78, 5) is 17.5. The Bertz CT molecular complexity index is 798. The maximum atomic E-state index is 13.5. The van der Waals surface area contributed by atoms with Crippen LogP contribution in [0.15, 0.2) is 48.5 Å². The van der Waals surface area contributed by atoms with Crippen LogP contribution >= 0.6 is 0 Å². The third-order valence-corrected chi connectivity index (χ3v) is 5.43. The normalized spacial score (nSPS) is 15.8.